The van der Waals surface area contributed by atoms with Gasteiger partial charge in [-0.2, -0.15) is 8.42 Å². The zero-order chi connectivity index (χ0) is 12.4. The molecule has 0 aromatic rings. The first-order chi connectivity index (χ1) is 7.60. The number of carbonyl (C=O) groups excluding carboxylic acids is 1. The maximum absolute atomic E-state index is 11.1. The van der Waals surface area contributed by atoms with Gasteiger partial charge in [-0.05, 0) is 12.8 Å². The summed E-state index contributed by atoms with van der Waals surface area (Å²) in [6.45, 7) is 5.53. The van der Waals surface area contributed by atoms with E-state index in [0.717, 1.165) is 25.7 Å². The molecule has 0 bridgehead atoms. The van der Waals surface area contributed by atoms with Crippen molar-refractivity contribution in [3.63, 3.8) is 0 Å². The summed E-state index contributed by atoms with van der Waals surface area (Å²) in [5.74, 6) is 0. The van der Waals surface area contributed by atoms with Gasteiger partial charge in [0, 0.05) is 13.1 Å². The summed E-state index contributed by atoms with van der Waals surface area (Å²) in [6, 6.07) is -0.833. The molecular weight excluding hydrogens is 230 g/mol. The first-order valence-corrected chi connectivity index (χ1v) is 6.50. The highest BCUT2D eigenvalue weighted by Gasteiger charge is 2.07. The van der Waals surface area contributed by atoms with E-state index in [0.29, 0.717) is 13.1 Å². The molecule has 0 atom stereocenters. The van der Waals surface area contributed by atoms with E-state index in [9.17, 15) is 13.2 Å². The molecule has 2 amide bonds. The molecule has 0 unspecified atom stereocenters. The molecule has 0 saturated carbocycles. The second kappa shape index (κ2) is 9.29. The van der Waals surface area contributed by atoms with Gasteiger partial charge in [0.2, 0.25) is 0 Å². The first-order valence-electron chi connectivity index (χ1n) is 5.46. The van der Waals surface area contributed by atoms with Gasteiger partial charge >= 0.3 is 16.5 Å². The lowest BCUT2D eigenvalue weighted by molar-refractivity contribution is 0.179. The van der Waals surface area contributed by atoms with Crippen LogP contribution >= 0.6 is 0 Å². The molecule has 94 valence electrons. The van der Waals surface area contributed by atoms with Gasteiger partial charge in [-0.3, -0.25) is 5.43 Å². The second-order valence-corrected chi connectivity index (χ2v) is 4.04. The van der Waals surface area contributed by atoms with Crippen LogP contribution in [0.25, 0.3) is 0 Å². The average molecular weight is 249 g/mol. The molecule has 7 heteroatoms. The maximum atomic E-state index is 11.1. The molecule has 0 saturated heterocycles. The third-order valence-corrected chi connectivity index (χ3v) is 2.29. The summed E-state index contributed by atoms with van der Waals surface area (Å²) in [7, 11) is -2.69. The minimum absolute atomic E-state index is 0.712. The highest BCUT2D eigenvalue weighted by molar-refractivity contribution is 7.62. The van der Waals surface area contributed by atoms with Crippen LogP contribution in [-0.4, -0.2) is 32.5 Å². The van der Waals surface area contributed by atoms with Crippen molar-refractivity contribution < 1.29 is 13.2 Å². The van der Waals surface area contributed by atoms with Crippen molar-refractivity contribution in [1.82, 2.24) is 10.4 Å². The molecule has 0 heterocycles. The van der Waals surface area contributed by atoms with Gasteiger partial charge < -0.3 is 0 Å². The third kappa shape index (κ3) is 8.37. The summed E-state index contributed by atoms with van der Waals surface area (Å²) in [5, 5.41) is 1.71. The summed E-state index contributed by atoms with van der Waals surface area (Å²) >= 11 is 0. The van der Waals surface area contributed by atoms with Gasteiger partial charge in [0.25, 0.3) is 0 Å². The van der Waals surface area contributed by atoms with E-state index in [1.807, 2.05) is 0 Å². The van der Waals surface area contributed by atoms with Gasteiger partial charge in [0.1, 0.15) is 0 Å². The fourth-order valence-electron chi connectivity index (χ4n) is 1.14. The number of hydrazine groups is 1. The number of carbonyl (C=O) groups is 1. The third-order valence-electron chi connectivity index (χ3n) is 1.97. The molecule has 1 N–H and O–H groups in total. The van der Waals surface area contributed by atoms with Crippen molar-refractivity contribution in [1.29, 1.82) is 0 Å². The van der Waals surface area contributed by atoms with Gasteiger partial charge in [-0.25, -0.2) is 9.80 Å². The largest absolute Gasteiger partial charge is 0.370 e. The predicted molar refractivity (Wildman–Crippen MR) is 61.3 cm³/mol. The monoisotopic (exact) mass is 249 g/mol. The molecule has 0 radical (unpaired) electrons. The van der Waals surface area contributed by atoms with Crippen LogP contribution < -0.4 is 5.43 Å². The van der Waals surface area contributed by atoms with Crippen LogP contribution in [0, 0.1) is 0 Å². The molecule has 0 aromatic carbocycles. The number of rotatable bonds is 7. The molecule has 16 heavy (non-hydrogen) atoms. The average Bonchev–Trinajstić information content (AvgIpc) is 2.20. The van der Waals surface area contributed by atoms with Gasteiger partial charge in [0.15, 0.2) is 0 Å². The van der Waals surface area contributed by atoms with Crippen LogP contribution in [0.4, 0.5) is 4.79 Å². The molecule has 0 aliphatic heterocycles. The molecule has 6 nitrogen and oxygen atoms in total. The Morgan fingerprint density at radius 1 is 1.19 bits per heavy atom. The number of unbranched alkanes of at least 4 members (excludes halogenated alkanes) is 2. The van der Waals surface area contributed by atoms with Crippen molar-refractivity contribution in [2.24, 2.45) is 4.36 Å². The van der Waals surface area contributed by atoms with Crippen molar-refractivity contribution in [3.05, 3.63) is 0 Å². The smallest absolute Gasteiger partial charge is 0.268 e. The summed E-state index contributed by atoms with van der Waals surface area (Å²) in [4.78, 5) is 11.1. The Bertz CT molecular complexity index is 311. The maximum Gasteiger partial charge on any atom is 0.370 e. The Morgan fingerprint density at radius 3 is 2.06 bits per heavy atom. The van der Waals surface area contributed by atoms with E-state index in [1.54, 1.807) is 5.01 Å². The van der Waals surface area contributed by atoms with Crippen LogP contribution in [0.1, 0.15) is 39.5 Å². The topological polar surface area (TPSA) is 78.8 Å². The van der Waals surface area contributed by atoms with E-state index in [4.69, 9.17) is 0 Å². The number of hydrogen-bond acceptors (Lipinski definition) is 4. The van der Waals surface area contributed by atoms with E-state index < -0.39 is 16.5 Å². The molecule has 0 aliphatic carbocycles. The SMILES string of the molecule is CCCCN(CCCC)NC(=O)N=S(=O)=O. The summed E-state index contributed by atoms with van der Waals surface area (Å²) < 4.78 is 23.2. The second-order valence-electron chi connectivity index (χ2n) is 3.42. The Balaban J connectivity index is 4.17. The highest BCUT2D eigenvalue weighted by atomic mass is 32.2. The molecule has 0 fully saturated rings. The quantitative estimate of drug-likeness (QED) is 0.695. The van der Waals surface area contributed by atoms with E-state index in [1.165, 1.54) is 0 Å². The summed E-state index contributed by atoms with van der Waals surface area (Å²) in [5.41, 5.74) is 2.45. The van der Waals surface area contributed by atoms with Crippen LogP contribution in [0.3, 0.4) is 0 Å². The lowest BCUT2D eigenvalue weighted by Gasteiger charge is -2.20. The Hall–Kier alpha value is -0.950. The van der Waals surface area contributed by atoms with Crippen molar-refractivity contribution in [2.45, 2.75) is 39.5 Å². The van der Waals surface area contributed by atoms with Crippen LogP contribution in [0.5, 0.6) is 0 Å². The van der Waals surface area contributed by atoms with Gasteiger partial charge in [-0.1, -0.05) is 31.1 Å². The Kier molecular flexibility index (Phi) is 8.74. The zero-order valence-corrected chi connectivity index (χ0v) is 10.6. The first kappa shape index (κ1) is 15.0. The normalized spacial score (nSPS) is 10.2. The molecule has 0 aromatic heterocycles. The predicted octanol–water partition coefficient (Wildman–Crippen LogP) is 1.58. The zero-order valence-electron chi connectivity index (χ0n) is 9.77. The van der Waals surface area contributed by atoms with Gasteiger partial charge in [0.05, 0.1) is 0 Å². The van der Waals surface area contributed by atoms with E-state index in [2.05, 4.69) is 23.6 Å². The number of urea groups is 1. The fourth-order valence-corrected chi connectivity index (χ4v) is 1.32. The van der Waals surface area contributed by atoms with Crippen molar-refractivity contribution in [2.75, 3.05) is 13.1 Å². The van der Waals surface area contributed by atoms with Gasteiger partial charge in [-0.15, -0.1) is 0 Å². The molecular formula is C9H19N3O3S. The minimum Gasteiger partial charge on any atom is -0.268 e. The van der Waals surface area contributed by atoms with Crippen LogP contribution in [0.2, 0.25) is 0 Å². The number of nitrogens with zero attached hydrogens (tertiary/aromatic N) is 2. The fraction of sp³-hybridized carbons (Fsp3) is 0.889. The lowest BCUT2D eigenvalue weighted by atomic mass is 10.3. The van der Waals surface area contributed by atoms with Crippen molar-refractivity contribution >= 4 is 16.5 Å². The minimum atomic E-state index is -2.69. The van der Waals surface area contributed by atoms with Crippen LogP contribution in [-0.2, 0) is 10.5 Å². The molecule has 0 rings (SSSR count). The van der Waals surface area contributed by atoms with E-state index >= 15 is 0 Å². The number of nitrogens with one attached hydrogen (secondary N) is 1. The Labute approximate surface area is 97.7 Å². The van der Waals surface area contributed by atoms with Crippen molar-refractivity contribution in [3.8, 4) is 0 Å². The lowest BCUT2D eigenvalue weighted by Crippen LogP contribution is -2.42. The standard InChI is InChI=1S/C9H19N3O3S/c1-3-5-7-12(8-6-4-2)10-9(13)11-16(14)15/h3-8H2,1-2H3,(H,10,13). The van der Waals surface area contributed by atoms with E-state index in [-0.39, 0.29) is 0 Å². The molecule has 0 spiro atoms. The summed E-state index contributed by atoms with van der Waals surface area (Å²) in [6.07, 6.45) is 3.93. The number of hydrogen-bond donors (Lipinski definition) is 1. The highest BCUT2D eigenvalue weighted by Crippen LogP contribution is 1.96. The Morgan fingerprint density at radius 2 is 1.69 bits per heavy atom. The number of amides is 2. The van der Waals surface area contributed by atoms with Crippen LogP contribution in [0.15, 0.2) is 4.36 Å². The molecule has 0 aliphatic rings.